The van der Waals surface area contributed by atoms with E-state index < -0.39 is 0 Å². The number of anilines is 1. The quantitative estimate of drug-likeness (QED) is 0.627. The summed E-state index contributed by atoms with van der Waals surface area (Å²) in [5.74, 6) is 1.68. The number of H-pyrrole nitrogens is 1. The number of nitrogens with one attached hydrogen (secondary N) is 2. The standard InChI is InChI=1S/C22H24N6O2/c1-3-12-11-24-21(18-15-5-4-10-23-20(15)28-27-18)26-19(12)25-17-14-8-6-13(7-9-14)16(17)22(29)30-2/h3-5,10-11,13-14,16-17H,1,6-9H2,2H3,(H,23,27,28)(H,24,25,26). The lowest BCUT2D eigenvalue weighted by Gasteiger charge is -2.47. The number of pyridine rings is 1. The Hall–Kier alpha value is -3.29. The van der Waals surface area contributed by atoms with Gasteiger partial charge in [-0.15, -0.1) is 0 Å². The van der Waals surface area contributed by atoms with Crippen LogP contribution in [-0.4, -0.2) is 44.3 Å². The van der Waals surface area contributed by atoms with E-state index in [4.69, 9.17) is 9.72 Å². The predicted molar refractivity (Wildman–Crippen MR) is 113 cm³/mol. The molecule has 3 aromatic heterocycles. The molecule has 30 heavy (non-hydrogen) atoms. The van der Waals surface area contributed by atoms with Gasteiger partial charge in [0, 0.05) is 29.4 Å². The molecule has 2 atom stereocenters. The molecule has 6 rings (SSSR count). The second kappa shape index (κ2) is 7.51. The fraction of sp³-hybridized carbons (Fsp3) is 0.409. The molecular formula is C22H24N6O2. The van der Waals surface area contributed by atoms with Gasteiger partial charge in [0.2, 0.25) is 0 Å². The molecule has 3 saturated carbocycles. The van der Waals surface area contributed by atoms with Crippen molar-refractivity contribution in [3.8, 4) is 11.5 Å². The summed E-state index contributed by atoms with van der Waals surface area (Å²) in [7, 11) is 1.47. The third-order valence-corrected chi connectivity index (χ3v) is 6.59. The number of fused-ring (bicyclic) bond motifs is 4. The second-order valence-corrected chi connectivity index (χ2v) is 8.07. The average Bonchev–Trinajstić information content (AvgIpc) is 3.23. The van der Waals surface area contributed by atoms with E-state index >= 15 is 0 Å². The zero-order chi connectivity index (χ0) is 20.7. The molecule has 0 aromatic carbocycles. The molecule has 3 aliphatic carbocycles. The van der Waals surface area contributed by atoms with Crippen LogP contribution in [0.15, 0.2) is 31.1 Å². The van der Waals surface area contributed by atoms with Gasteiger partial charge in [-0.3, -0.25) is 9.89 Å². The van der Waals surface area contributed by atoms with Gasteiger partial charge in [0.1, 0.15) is 11.5 Å². The minimum absolute atomic E-state index is 0.00780. The topological polar surface area (TPSA) is 106 Å². The number of hydrogen-bond donors (Lipinski definition) is 2. The van der Waals surface area contributed by atoms with Gasteiger partial charge in [0.05, 0.1) is 13.0 Å². The number of aromatic amines is 1. The Morgan fingerprint density at radius 1 is 1.27 bits per heavy atom. The number of aromatic nitrogens is 5. The molecule has 0 saturated heterocycles. The van der Waals surface area contributed by atoms with E-state index in [0.717, 1.165) is 36.6 Å². The maximum absolute atomic E-state index is 12.6. The Bertz CT molecular complexity index is 1100. The monoisotopic (exact) mass is 404 g/mol. The molecule has 3 heterocycles. The van der Waals surface area contributed by atoms with Crippen LogP contribution in [0.2, 0.25) is 0 Å². The number of nitrogens with zero attached hydrogens (tertiary/aromatic N) is 4. The van der Waals surface area contributed by atoms with Crippen LogP contribution in [0.25, 0.3) is 28.6 Å². The summed E-state index contributed by atoms with van der Waals surface area (Å²) in [6.45, 7) is 3.90. The van der Waals surface area contributed by atoms with Gasteiger partial charge in [-0.1, -0.05) is 12.7 Å². The van der Waals surface area contributed by atoms with Crippen LogP contribution in [0, 0.1) is 17.8 Å². The summed E-state index contributed by atoms with van der Waals surface area (Å²) in [5, 5.41) is 11.7. The van der Waals surface area contributed by atoms with Crippen molar-refractivity contribution in [2.75, 3.05) is 12.4 Å². The number of carbonyl (C=O) groups is 1. The van der Waals surface area contributed by atoms with Gasteiger partial charge in [0.15, 0.2) is 11.5 Å². The third-order valence-electron chi connectivity index (χ3n) is 6.59. The summed E-state index contributed by atoms with van der Waals surface area (Å²) in [6.07, 6.45) is 9.58. The van der Waals surface area contributed by atoms with Crippen LogP contribution in [0.3, 0.4) is 0 Å². The maximum Gasteiger partial charge on any atom is 0.311 e. The molecule has 0 amide bonds. The number of methoxy groups -OCH3 is 1. The minimum Gasteiger partial charge on any atom is -0.469 e. The first-order valence-corrected chi connectivity index (χ1v) is 10.3. The molecule has 3 aliphatic rings. The lowest BCUT2D eigenvalue weighted by molar-refractivity contribution is -0.152. The fourth-order valence-electron chi connectivity index (χ4n) is 5.09. The molecule has 2 bridgehead atoms. The van der Waals surface area contributed by atoms with E-state index in [-0.39, 0.29) is 17.9 Å². The van der Waals surface area contributed by atoms with Crippen molar-refractivity contribution < 1.29 is 9.53 Å². The highest BCUT2D eigenvalue weighted by Crippen LogP contribution is 2.46. The molecule has 0 aliphatic heterocycles. The molecule has 8 heteroatoms. The molecular weight excluding hydrogens is 380 g/mol. The lowest BCUT2D eigenvalue weighted by atomic mass is 9.61. The highest BCUT2D eigenvalue weighted by atomic mass is 16.5. The van der Waals surface area contributed by atoms with Crippen LogP contribution in [0.1, 0.15) is 31.2 Å². The van der Waals surface area contributed by atoms with Crippen LogP contribution in [0.4, 0.5) is 5.82 Å². The summed E-state index contributed by atoms with van der Waals surface area (Å²) in [5.41, 5.74) is 2.13. The number of hydrogen-bond acceptors (Lipinski definition) is 7. The second-order valence-electron chi connectivity index (χ2n) is 8.07. The first-order chi connectivity index (χ1) is 14.7. The van der Waals surface area contributed by atoms with E-state index in [2.05, 4.69) is 32.1 Å². The Balaban J connectivity index is 1.53. The molecule has 0 radical (unpaired) electrons. The van der Waals surface area contributed by atoms with Gasteiger partial charge in [0.25, 0.3) is 0 Å². The number of ether oxygens (including phenoxy) is 1. The van der Waals surface area contributed by atoms with E-state index in [1.165, 1.54) is 7.11 Å². The summed E-state index contributed by atoms with van der Waals surface area (Å²) < 4.78 is 5.15. The molecule has 3 fully saturated rings. The van der Waals surface area contributed by atoms with Gasteiger partial charge in [-0.05, 0) is 49.7 Å². The smallest absolute Gasteiger partial charge is 0.311 e. The summed E-state index contributed by atoms with van der Waals surface area (Å²) >= 11 is 0. The highest BCUT2D eigenvalue weighted by molar-refractivity contribution is 5.88. The van der Waals surface area contributed by atoms with Gasteiger partial charge in [-0.25, -0.2) is 15.0 Å². The molecule has 8 nitrogen and oxygen atoms in total. The molecule has 0 spiro atoms. The largest absolute Gasteiger partial charge is 0.469 e. The average molecular weight is 404 g/mol. The van der Waals surface area contributed by atoms with Crippen LogP contribution >= 0.6 is 0 Å². The molecule has 2 unspecified atom stereocenters. The van der Waals surface area contributed by atoms with E-state index in [0.29, 0.717) is 34.8 Å². The summed E-state index contributed by atoms with van der Waals surface area (Å²) in [4.78, 5) is 26.1. The number of carbonyl (C=O) groups excluding carboxylic acids is 1. The zero-order valence-corrected chi connectivity index (χ0v) is 16.8. The number of esters is 1. The van der Waals surface area contributed by atoms with Gasteiger partial charge >= 0.3 is 5.97 Å². The van der Waals surface area contributed by atoms with Crippen molar-refractivity contribution in [1.29, 1.82) is 0 Å². The molecule has 3 aromatic rings. The Morgan fingerprint density at radius 3 is 2.83 bits per heavy atom. The van der Waals surface area contributed by atoms with E-state index in [9.17, 15) is 4.79 Å². The highest BCUT2D eigenvalue weighted by Gasteiger charge is 2.48. The van der Waals surface area contributed by atoms with Crippen molar-refractivity contribution in [3.63, 3.8) is 0 Å². The van der Waals surface area contributed by atoms with Gasteiger partial charge in [-0.2, -0.15) is 5.10 Å². The first kappa shape index (κ1) is 18.7. The van der Waals surface area contributed by atoms with Crippen molar-refractivity contribution in [2.45, 2.75) is 31.7 Å². The van der Waals surface area contributed by atoms with E-state index in [1.54, 1.807) is 18.5 Å². The first-order valence-electron chi connectivity index (χ1n) is 10.3. The Labute approximate surface area is 174 Å². The predicted octanol–water partition coefficient (Wildman–Crippen LogP) is 3.45. The maximum atomic E-state index is 12.6. The minimum atomic E-state index is -0.157. The summed E-state index contributed by atoms with van der Waals surface area (Å²) in [6, 6.07) is 3.79. The zero-order valence-electron chi connectivity index (χ0n) is 16.8. The van der Waals surface area contributed by atoms with Gasteiger partial charge < -0.3 is 10.1 Å². The van der Waals surface area contributed by atoms with Crippen molar-refractivity contribution in [3.05, 3.63) is 36.7 Å². The molecule has 154 valence electrons. The fourth-order valence-corrected chi connectivity index (χ4v) is 5.09. The third kappa shape index (κ3) is 3.03. The van der Waals surface area contributed by atoms with Crippen molar-refractivity contribution >= 4 is 28.9 Å². The van der Waals surface area contributed by atoms with Crippen LogP contribution < -0.4 is 5.32 Å². The van der Waals surface area contributed by atoms with E-state index in [1.807, 2.05) is 12.1 Å². The Morgan fingerprint density at radius 2 is 2.07 bits per heavy atom. The van der Waals surface area contributed by atoms with Crippen LogP contribution in [0.5, 0.6) is 0 Å². The SMILES string of the molecule is C=Cc1cnc(-c2[nH]nc3ncccc23)nc1NC1C2CCC(CC2)C1C(=O)OC. The normalized spacial score (nSPS) is 25.2. The lowest BCUT2D eigenvalue weighted by Crippen LogP contribution is -2.52. The molecule has 2 N–H and O–H groups in total. The van der Waals surface area contributed by atoms with Crippen molar-refractivity contribution in [2.24, 2.45) is 17.8 Å². The van der Waals surface area contributed by atoms with Crippen molar-refractivity contribution in [1.82, 2.24) is 25.1 Å². The Kier molecular flexibility index (Phi) is 4.69. The van der Waals surface area contributed by atoms with Crippen LogP contribution in [-0.2, 0) is 9.53 Å². The number of rotatable bonds is 5.